The highest BCUT2D eigenvalue weighted by Crippen LogP contribution is 2.20. The van der Waals surface area contributed by atoms with Gasteiger partial charge in [0.1, 0.15) is 11.9 Å². The molecule has 34 heavy (non-hydrogen) atoms. The predicted octanol–water partition coefficient (Wildman–Crippen LogP) is 9.29. The van der Waals surface area contributed by atoms with Gasteiger partial charge in [0.2, 0.25) is 0 Å². The van der Waals surface area contributed by atoms with Crippen LogP contribution in [0.3, 0.4) is 0 Å². The second-order valence-corrected chi connectivity index (χ2v) is 9.60. The molecule has 2 aromatic rings. The summed E-state index contributed by atoms with van der Waals surface area (Å²) in [7, 11) is 0. The third kappa shape index (κ3) is 12.5. The Morgan fingerprint density at radius 1 is 0.706 bits per heavy atom. The van der Waals surface area contributed by atoms with E-state index in [9.17, 15) is 4.39 Å². The number of benzene rings is 1. The van der Waals surface area contributed by atoms with Gasteiger partial charge in [0.25, 0.3) is 0 Å². The zero-order valence-corrected chi connectivity index (χ0v) is 21.7. The first-order valence-corrected chi connectivity index (χ1v) is 13.9. The minimum Gasteiger partial charge on any atom is -0.493 e. The van der Waals surface area contributed by atoms with Crippen molar-refractivity contribution in [2.45, 2.75) is 123 Å². The Kier molecular flexibility index (Phi) is 15.3. The Morgan fingerprint density at radius 3 is 1.88 bits per heavy atom. The smallest absolute Gasteiger partial charge is 0.159 e. The van der Waals surface area contributed by atoms with Crippen LogP contribution in [0.2, 0.25) is 0 Å². The van der Waals surface area contributed by atoms with E-state index < -0.39 is 6.17 Å². The van der Waals surface area contributed by atoms with Crippen LogP contribution in [0.15, 0.2) is 36.7 Å². The second-order valence-electron chi connectivity index (χ2n) is 9.60. The second kappa shape index (κ2) is 18.4. The van der Waals surface area contributed by atoms with E-state index in [0.717, 1.165) is 36.4 Å². The Labute approximate surface area is 208 Å². The molecule has 0 radical (unpaired) electrons. The van der Waals surface area contributed by atoms with Crippen molar-refractivity contribution in [2.24, 2.45) is 0 Å². The molecule has 0 spiro atoms. The normalized spacial score (nSPS) is 12.1. The van der Waals surface area contributed by atoms with E-state index in [0.29, 0.717) is 19.4 Å². The maximum absolute atomic E-state index is 13.9. The van der Waals surface area contributed by atoms with E-state index >= 15 is 0 Å². The van der Waals surface area contributed by atoms with Gasteiger partial charge in [-0.3, -0.25) is 0 Å². The average molecular weight is 471 g/mol. The van der Waals surface area contributed by atoms with Crippen LogP contribution in [0, 0.1) is 0 Å². The van der Waals surface area contributed by atoms with Gasteiger partial charge in [-0.05, 0) is 49.1 Å². The quantitative estimate of drug-likeness (QED) is 0.181. The van der Waals surface area contributed by atoms with Crippen LogP contribution in [-0.2, 0) is 6.42 Å². The molecule has 0 fully saturated rings. The van der Waals surface area contributed by atoms with Crippen molar-refractivity contribution in [3.63, 3.8) is 0 Å². The summed E-state index contributed by atoms with van der Waals surface area (Å²) in [5.41, 5.74) is 2.18. The van der Waals surface area contributed by atoms with Crippen molar-refractivity contribution in [2.75, 3.05) is 6.61 Å². The summed E-state index contributed by atoms with van der Waals surface area (Å²) in [5, 5.41) is 0. The lowest BCUT2D eigenvalue weighted by atomic mass is 10.1. The van der Waals surface area contributed by atoms with Crippen LogP contribution in [0.4, 0.5) is 4.39 Å². The third-order valence-electron chi connectivity index (χ3n) is 6.46. The molecule has 1 aromatic carbocycles. The van der Waals surface area contributed by atoms with E-state index in [2.05, 4.69) is 23.8 Å². The van der Waals surface area contributed by atoms with Crippen molar-refractivity contribution in [3.8, 4) is 17.1 Å². The van der Waals surface area contributed by atoms with Gasteiger partial charge in [-0.1, -0.05) is 90.9 Å². The molecule has 4 heteroatoms. The molecule has 0 aliphatic rings. The number of rotatable bonds is 20. The zero-order valence-electron chi connectivity index (χ0n) is 21.7. The molecule has 0 saturated heterocycles. The van der Waals surface area contributed by atoms with Gasteiger partial charge in [-0.15, -0.1) is 0 Å². The summed E-state index contributed by atoms with van der Waals surface area (Å²) in [6, 6.07) is 7.79. The van der Waals surface area contributed by atoms with Crippen LogP contribution in [0.25, 0.3) is 11.4 Å². The van der Waals surface area contributed by atoms with Gasteiger partial charge < -0.3 is 4.74 Å². The number of halogens is 1. The first-order valence-electron chi connectivity index (χ1n) is 13.9. The molecule has 0 saturated carbocycles. The van der Waals surface area contributed by atoms with Crippen molar-refractivity contribution in [3.05, 3.63) is 42.2 Å². The predicted molar refractivity (Wildman–Crippen MR) is 142 cm³/mol. The average Bonchev–Trinajstić information content (AvgIpc) is 2.86. The largest absolute Gasteiger partial charge is 0.493 e. The molecule has 0 amide bonds. The van der Waals surface area contributed by atoms with Gasteiger partial charge >= 0.3 is 0 Å². The molecule has 190 valence electrons. The minimum absolute atomic E-state index is 0.415. The number of aromatic nitrogens is 2. The summed E-state index contributed by atoms with van der Waals surface area (Å²) in [5.74, 6) is 1.50. The lowest BCUT2D eigenvalue weighted by Crippen LogP contribution is -2.07. The molecule has 0 bridgehead atoms. The first-order chi connectivity index (χ1) is 16.7. The highest BCUT2D eigenvalue weighted by atomic mass is 19.1. The van der Waals surface area contributed by atoms with E-state index in [1.165, 1.54) is 76.2 Å². The van der Waals surface area contributed by atoms with Crippen molar-refractivity contribution < 1.29 is 9.13 Å². The Hall–Kier alpha value is -1.97. The molecule has 1 unspecified atom stereocenters. The van der Waals surface area contributed by atoms with Gasteiger partial charge in [0.05, 0.1) is 6.61 Å². The summed E-state index contributed by atoms with van der Waals surface area (Å²) in [4.78, 5) is 9.12. The topological polar surface area (TPSA) is 35.0 Å². The van der Waals surface area contributed by atoms with E-state index in [1.807, 2.05) is 36.7 Å². The van der Waals surface area contributed by atoms with E-state index in [4.69, 9.17) is 4.74 Å². The number of alkyl halides is 1. The van der Waals surface area contributed by atoms with Gasteiger partial charge in [0, 0.05) is 24.4 Å². The number of ether oxygens (including phenoxy) is 1. The van der Waals surface area contributed by atoms with Crippen LogP contribution in [0.1, 0.15) is 116 Å². The molecule has 3 nitrogen and oxygen atoms in total. The maximum Gasteiger partial charge on any atom is 0.159 e. The summed E-state index contributed by atoms with van der Waals surface area (Å²) >= 11 is 0. The molecule has 1 atom stereocenters. The SMILES string of the molecule is CCCCCCCCCCCc1cnc(-c2ccc(OCCC(F)CCCCCC)cc2)nc1. The standard InChI is InChI=1S/C30H47FN2O/c1-3-5-7-9-10-11-12-13-14-16-26-24-32-30(33-25-26)27-18-20-29(21-19-27)34-23-22-28(31)17-15-8-6-4-2/h18-21,24-25,28H,3-17,22-23H2,1-2H3. The lowest BCUT2D eigenvalue weighted by molar-refractivity contribution is 0.222. The van der Waals surface area contributed by atoms with Crippen LogP contribution in [-0.4, -0.2) is 22.7 Å². The van der Waals surface area contributed by atoms with Crippen molar-refractivity contribution in [1.82, 2.24) is 9.97 Å². The highest BCUT2D eigenvalue weighted by Gasteiger charge is 2.07. The molecular weight excluding hydrogens is 423 g/mol. The zero-order chi connectivity index (χ0) is 24.3. The minimum atomic E-state index is -0.765. The summed E-state index contributed by atoms with van der Waals surface area (Å²) in [6.07, 6.45) is 21.9. The summed E-state index contributed by atoms with van der Waals surface area (Å²) in [6.45, 7) is 4.86. The number of hydrogen-bond acceptors (Lipinski definition) is 3. The fourth-order valence-electron chi connectivity index (χ4n) is 4.21. The van der Waals surface area contributed by atoms with Crippen molar-refractivity contribution in [1.29, 1.82) is 0 Å². The molecule has 1 heterocycles. The Balaban J connectivity index is 1.62. The molecule has 1 aromatic heterocycles. The van der Waals surface area contributed by atoms with Gasteiger partial charge in [-0.2, -0.15) is 0 Å². The van der Waals surface area contributed by atoms with E-state index in [1.54, 1.807) is 0 Å². The van der Waals surface area contributed by atoms with Crippen LogP contribution >= 0.6 is 0 Å². The highest BCUT2D eigenvalue weighted by molar-refractivity contribution is 5.55. The van der Waals surface area contributed by atoms with Crippen LogP contribution in [0.5, 0.6) is 5.75 Å². The lowest BCUT2D eigenvalue weighted by Gasteiger charge is -2.10. The maximum atomic E-state index is 13.9. The number of hydrogen-bond donors (Lipinski definition) is 0. The van der Waals surface area contributed by atoms with Crippen molar-refractivity contribution >= 4 is 0 Å². The molecule has 2 rings (SSSR count). The monoisotopic (exact) mass is 470 g/mol. The first kappa shape index (κ1) is 28.3. The Bertz CT molecular complexity index is 732. The number of nitrogens with zero attached hydrogens (tertiary/aromatic N) is 2. The Morgan fingerprint density at radius 2 is 1.26 bits per heavy atom. The fraction of sp³-hybridized carbons (Fsp3) is 0.667. The third-order valence-corrected chi connectivity index (χ3v) is 6.46. The number of unbranched alkanes of at least 4 members (excludes halogenated alkanes) is 11. The van der Waals surface area contributed by atoms with Gasteiger partial charge in [-0.25, -0.2) is 14.4 Å². The molecule has 0 aliphatic carbocycles. The van der Waals surface area contributed by atoms with E-state index in [-0.39, 0.29) is 0 Å². The van der Waals surface area contributed by atoms with Crippen LogP contribution < -0.4 is 4.74 Å². The van der Waals surface area contributed by atoms with Gasteiger partial charge in [0.15, 0.2) is 5.82 Å². The molecule has 0 N–H and O–H groups in total. The summed E-state index contributed by atoms with van der Waals surface area (Å²) < 4.78 is 19.7. The molecule has 0 aliphatic heterocycles. The number of aryl methyl sites for hydroxylation is 1. The fourth-order valence-corrected chi connectivity index (χ4v) is 4.21. The molecular formula is C30H47FN2O.